The van der Waals surface area contributed by atoms with Crippen molar-refractivity contribution in [3.8, 4) is 0 Å². The molecule has 0 spiro atoms. The summed E-state index contributed by atoms with van der Waals surface area (Å²) in [5, 5.41) is 9.63. The summed E-state index contributed by atoms with van der Waals surface area (Å²) in [6.07, 6.45) is 0. The normalized spacial score (nSPS) is 22.8. The van der Waals surface area contributed by atoms with Crippen LogP contribution in [0.2, 0.25) is 0 Å². The lowest BCUT2D eigenvalue weighted by Crippen LogP contribution is -2.67. The molecule has 1 N–H and O–H groups in total. The maximum atomic E-state index is 12.2. The minimum absolute atomic E-state index is 0.0439. The van der Waals surface area contributed by atoms with Crippen molar-refractivity contribution in [2.24, 2.45) is 0 Å². The number of aliphatic hydroxyl groups excluding tert-OH is 1. The minimum Gasteiger partial charge on any atom is -0.394 e. The van der Waals surface area contributed by atoms with Crippen molar-refractivity contribution in [3.05, 3.63) is 28.7 Å². The summed E-state index contributed by atoms with van der Waals surface area (Å²) < 4.78 is 0.930. The molecule has 4 nitrogen and oxygen atoms in total. The van der Waals surface area contributed by atoms with Gasteiger partial charge >= 0.3 is 0 Å². The van der Waals surface area contributed by atoms with Crippen molar-refractivity contribution in [2.75, 3.05) is 25.1 Å². The van der Waals surface area contributed by atoms with E-state index < -0.39 is 6.04 Å². The van der Waals surface area contributed by atoms with Crippen LogP contribution in [-0.2, 0) is 4.79 Å². The second-order valence-corrected chi connectivity index (χ2v) is 6.38. The number of rotatable bonds is 2. The van der Waals surface area contributed by atoms with Gasteiger partial charge in [0.15, 0.2) is 0 Å². The number of carbonyl (C=O) groups is 1. The topological polar surface area (TPSA) is 43.8 Å². The molecule has 0 bridgehead atoms. The number of nitrogens with zero attached hydrogens (tertiary/aromatic N) is 2. The average molecular weight is 327 g/mol. The molecule has 1 aromatic carbocycles. The maximum absolute atomic E-state index is 12.2. The number of benzene rings is 1. The third-order valence-corrected chi connectivity index (χ3v) is 4.20. The van der Waals surface area contributed by atoms with Crippen molar-refractivity contribution in [2.45, 2.75) is 25.4 Å². The molecule has 1 aliphatic rings. The summed E-state index contributed by atoms with van der Waals surface area (Å²) >= 11 is 3.53. The first-order chi connectivity index (χ1) is 8.88. The molecule has 1 heterocycles. The van der Waals surface area contributed by atoms with E-state index in [0.29, 0.717) is 6.54 Å². The largest absolute Gasteiger partial charge is 0.394 e. The van der Waals surface area contributed by atoms with E-state index in [2.05, 4.69) is 29.8 Å². The van der Waals surface area contributed by atoms with Crippen LogP contribution >= 0.6 is 15.9 Å². The van der Waals surface area contributed by atoms with Gasteiger partial charge in [-0.2, -0.15) is 0 Å². The number of carbonyl (C=O) groups excluding carboxylic acids is 1. The molecule has 104 valence electrons. The van der Waals surface area contributed by atoms with Gasteiger partial charge in [-0.25, -0.2) is 0 Å². The Bertz CT molecular complexity index is 490. The van der Waals surface area contributed by atoms with Gasteiger partial charge in [0.25, 0.3) is 0 Å². The minimum atomic E-state index is -0.535. The lowest BCUT2D eigenvalue weighted by molar-refractivity contribution is -0.136. The van der Waals surface area contributed by atoms with Crippen molar-refractivity contribution in [1.82, 2.24) is 4.90 Å². The van der Waals surface area contributed by atoms with E-state index in [4.69, 9.17) is 0 Å². The Morgan fingerprint density at radius 1 is 1.42 bits per heavy atom. The van der Waals surface area contributed by atoms with Crippen LogP contribution in [-0.4, -0.2) is 47.7 Å². The molecule has 1 atom stereocenters. The number of hydrogen-bond donors (Lipinski definition) is 1. The summed E-state index contributed by atoms with van der Waals surface area (Å²) in [5.41, 5.74) is 0.702. The molecule has 0 aliphatic carbocycles. The van der Waals surface area contributed by atoms with E-state index in [-0.39, 0.29) is 18.1 Å². The zero-order valence-corrected chi connectivity index (χ0v) is 13.0. The smallest absolute Gasteiger partial charge is 0.247 e. The predicted octanol–water partition coefficient (Wildman–Crippen LogP) is 1.87. The van der Waals surface area contributed by atoms with Crippen molar-refractivity contribution in [3.63, 3.8) is 0 Å². The number of anilines is 1. The third-order valence-electron chi connectivity index (χ3n) is 3.53. The van der Waals surface area contributed by atoms with Crippen LogP contribution in [0, 0.1) is 0 Å². The number of amides is 1. The average Bonchev–Trinajstić information content (AvgIpc) is 2.34. The fourth-order valence-electron chi connectivity index (χ4n) is 2.82. The molecule has 0 aromatic heterocycles. The second-order valence-electron chi connectivity index (χ2n) is 5.53. The number of halogens is 1. The molecule has 0 saturated carbocycles. The highest BCUT2D eigenvalue weighted by molar-refractivity contribution is 9.10. The fourth-order valence-corrected chi connectivity index (χ4v) is 3.30. The van der Waals surface area contributed by atoms with Crippen molar-refractivity contribution in [1.29, 1.82) is 0 Å². The van der Waals surface area contributed by atoms with E-state index in [1.165, 1.54) is 0 Å². The highest BCUT2D eigenvalue weighted by atomic mass is 79.9. The molecule has 1 aliphatic heterocycles. The lowest BCUT2D eigenvalue weighted by atomic mass is 9.93. The molecule has 1 fully saturated rings. The number of likely N-dealkylation sites (N-methyl/N-ethyl adjacent to an activating group) is 1. The molecule has 2 rings (SSSR count). The molecule has 5 heteroatoms. The van der Waals surface area contributed by atoms with Crippen LogP contribution in [0.3, 0.4) is 0 Å². The Morgan fingerprint density at radius 2 is 2.05 bits per heavy atom. The van der Waals surface area contributed by atoms with Crippen LogP contribution in [0.4, 0.5) is 5.69 Å². The van der Waals surface area contributed by atoms with Gasteiger partial charge in [-0.15, -0.1) is 0 Å². The Labute approximate surface area is 122 Å². The molecule has 0 radical (unpaired) electrons. The van der Waals surface area contributed by atoms with Gasteiger partial charge in [0.2, 0.25) is 5.91 Å². The first kappa shape index (κ1) is 14.3. The summed E-state index contributed by atoms with van der Waals surface area (Å²) in [7, 11) is 1.78. The van der Waals surface area contributed by atoms with Gasteiger partial charge < -0.3 is 14.9 Å². The molecular weight excluding hydrogens is 308 g/mol. The fraction of sp³-hybridized carbons (Fsp3) is 0.500. The SMILES string of the molecule is CN1CC(C)(C)N(c2ccccc2Br)C(CO)C1=O. The van der Waals surface area contributed by atoms with E-state index in [1.54, 1.807) is 11.9 Å². The quantitative estimate of drug-likeness (QED) is 0.902. The van der Waals surface area contributed by atoms with Crippen LogP contribution in [0.5, 0.6) is 0 Å². The lowest BCUT2D eigenvalue weighted by Gasteiger charge is -2.51. The van der Waals surface area contributed by atoms with E-state index in [0.717, 1.165) is 10.2 Å². The standard InChI is InChI=1S/C14H19BrN2O2/c1-14(2)9-16(3)13(19)12(8-18)17(14)11-7-5-4-6-10(11)15/h4-7,12,18H,8-9H2,1-3H3. The van der Waals surface area contributed by atoms with Crippen LogP contribution in [0.25, 0.3) is 0 Å². The summed E-state index contributed by atoms with van der Waals surface area (Å²) in [6.45, 7) is 4.60. The first-order valence-corrected chi connectivity index (χ1v) is 7.07. The Morgan fingerprint density at radius 3 is 2.63 bits per heavy atom. The van der Waals surface area contributed by atoms with Crippen molar-refractivity contribution < 1.29 is 9.90 Å². The van der Waals surface area contributed by atoms with Gasteiger partial charge in [-0.1, -0.05) is 12.1 Å². The molecule has 1 saturated heterocycles. The zero-order chi connectivity index (χ0) is 14.2. The molecular formula is C14H19BrN2O2. The Balaban J connectivity index is 2.50. The summed E-state index contributed by atoms with van der Waals surface area (Å²) in [4.78, 5) is 16.0. The Hall–Kier alpha value is -1.07. The first-order valence-electron chi connectivity index (χ1n) is 6.28. The van der Waals surface area contributed by atoms with Gasteiger partial charge in [0.05, 0.1) is 17.8 Å². The van der Waals surface area contributed by atoms with E-state index in [1.807, 2.05) is 29.2 Å². The molecule has 1 unspecified atom stereocenters. The van der Waals surface area contributed by atoms with Crippen molar-refractivity contribution >= 4 is 27.5 Å². The summed E-state index contributed by atoms with van der Waals surface area (Å²) in [5.74, 6) is -0.0439. The third kappa shape index (κ3) is 2.49. The number of hydrogen-bond acceptors (Lipinski definition) is 3. The molecule has 19 heavy (non-hydrogen) atoms. The molecule has 1 aromatic rings. The van der Waals surface area contributed by atoms with Gasteiger partial charge in [-0.3, -0.25) is 4.79 Å². The summed E-state index contributed by atoms with van der Waals surface area (Å²) in [6, 6.07) is 7.25. The molecule has 1 amide bonds. The van der Waals surface area contributed by atoms with Gasteiger partial charge in [0.1, 0.15) is 6.04 Å². The van der Waals surface area contributed by atoms with Gasteiger partial charge in [0, 0.05) is 18.1 Å². The second kappa shape index (κ2) is 5.13. The zero-order valence-electron chi connectivity index (χ0n) is 11.4. The highest BCUT2D eigenvalue weighted by Crippen LogP contribution is 2.36. The monoisotopic (exact) mass is 326 g/mol. The maximum Gasteiger partial charge on any atom is 0.247 e. The predicted molar refractivity (Wildman–Crippen MR) is 79.2 cm³/mol. The van der Waals surface area contributed by atoms with E-state index >= 15 is 0 Å². The number of piperazine rings is 1. The highest BCUT2D eigenvalue weighted by Gasteiger charge is 2.44. The van der Waals surface area contributed by atoms with Gasteiger partial charge in [-0.05, 0) is 41.9 Å². The Kier molecular flexibility index (Phi) is 3.87. The number of para-hydroxylation sites is 1. The van der Waals surface area contributed by atoms with E-state index in [9.17, 15) is 9.90 Å². The van der Waals surface area contributed by atoms with Crippen LogP contribution in [0.1, 0.15) is 13.8 Å². The number of aliphatic hydroxyl groups is 1. The van der Waals surface area contributed by atoms with Crippen LogP contribution in [0.15, 0.2) is 28.7 Å². The van der Waals surface area contributed by atoms with Crippen LogP contribution < -0.4 is 4.90 Å².